The predicted molar refractivity (Wildman–Crippen MR) is 76.8 cm³/mol. The van der Waals surface area contributed by atoms with Crippen LogP contribution in [-0.2, 0) is 17.6 Å². The summed E-state index contributed by atoms with van der Waals surface area (Å²) < 4.78 is 9.68. The molecule has 0 saturated carbocycles. The maximum absolute atomic E-state index is 12.1. The van der Waals surface area contributed by atoms with Crippen molar-refractivity contribution in [2.24, 2.45) is 0 Å². The van der Waals surface area contributed by atoms with E-state index in [2.05, 4.69) is 10.5 Å². The molecule has 0 spiro atoms. The van der Waals surface area contributed by atoms with Crippen LogP contribution in [0.15, 0.2) is 16.8 Å². The Bertz CT molecular complexity index is 675. The highest BCUT2D eigenvalue weighted by Crippen LogP contribution is 2.38. The maximum atomic E-state index is 12.1. The first-order chi connectivity index (χ1) is 10.2. The van der Waals surface area contributed by atoms with Crippen molar-refractivity contribution in [3.05, 3.63) is 34.0 Å². The van der Waals surface area contributed by atoms with Crippen molar-refractivity contribution in [3.63, 3.8) is 0 Å². The molecule has 0 saturated heterocycles. The number of fused-ring (bicyclic) bond motifs is 1. The van der Waals surface area contributed by atoms with Crippen LogP contribution >= 0.6 is 11.3 Å². The Morgan fingerprint density at radius 1 is 1.38 bits per heavy atom. The molecule has 2 aromatic rings. The Morgan fingerprint density at radius 2 is 2.19 bits per heavy atom. The van der Waals surface area contributed by atoms with Gasteiger partial charge in [-0.25, -0.2) is 4.79 Å². The van der Waals surface area contributed by atoms with Gasteiger partial charge in [0.25, 0.3) is 5.91 Å². The summed E-state index contributed by atoms with van der Waals surface area (Å²) in [4.78, 5) is 25.2. The molecule has 1 aliphatic carbocycles. The number of carbonyl (C=O) groups excluding carboxylic acids is 2. The second-order valence-electron chi connectivity index (χ2n) is 4.74. The molecule has 0 radical (unpaired) electrons. The maximum Gasteiger partial charge on any atom is 0.341 e. The lowest BCUT2D eigenvalue weighted by Crippen LogP contribution is -2.14. The van der Waals surface area contributed by atoms with Crippen molar-refractivity contribution in [1.82, 2.24) is 5.16 Å². The number of carbonyl (C=O) groups is 2. The van der Waals surface area contributed by atoms with E-state index in [-0.39, 0.29) is 5.76 Å². The quantitative estimate of drug-likeness (QED) is 0.882. The van der Waals surface area contributed by atoms with Crippen molar-refractivity contribution in [3.8, 4) is 0 Å². The highest BCUT2D eigenvalue weighted by molar-refractivity contribution is 7.17. The third kappa shape index (κ3) is 2.56. The van der Waals surface area contributed by atoms with Gasteiger partial charge >= 0.3 is 5.97 Å². The minimum atomic E-state index is -0.420. The standard InChI is InChI=1S/C14H14N2O4S/c1-19-14(18)11-8-4-2-3-5-10(8)21-13(11)16-12(17)9-6-7-15-20-9/h6-7H,2-5H2,1H3,(H,16,17). The third-order valence-corrected chi connectivity index (χ3v) is 4.66. The SMILES string of the molecule is COC(=O)c1c(NC(=O)c2ccno2)sc2c1CCCC2. The van der Waals surface area contributed by atoms with E-state index < -0.39 is 11.9 Å². The van der Waals surface area contributed by atoms with Crippen molar-refractivity contribution in [2.45, 2.75) is 25.7 Å². The van der Waals surface area contributed by atoms with Crippen LogP contribution in [0.1, 0.15) is 44.2 Å². The van der Waals surface area contributed by atoms with Gasteiger partial charge in [0.05, 0.1) is 18.9 Å². The number of amides is 1. The molecular weight excluding hydrogens is 292 g/mol. The zero-order valence-corrected chi connectivity index (χ0v) is 12.3. The smallest absolute Gasteiger partial charge is 0.341 e. The van der Waals surface area contributed by atoms with Crippen molar-refractivity contribution < 1.29 is 18.8 Å². The predicted octanol–water partition coefficient (Wildman–Crippen LogP) is 2.65. The van der Waals surface area contributed by atoms with Gasteiger partial charge in [-0.2, -0.15) is 0 Å². The summed E-state index contributed by atoms with van der Waals surface area (Å²) in [5.74, 6) is -0.726. The minimum absolute atomic E-state index is 0.109. The van der Waals surface area contributed by atoms with Crippen LogP contribution in [0.4, 0.5) is 5.00 Å². The van der Waals surface area contributed by atoms with E-state index in [0.717, 1.165) is 36.1 Å². The number of nitrogens with zero attached hydrogens (tertiary/aromatic N) is 1. The number of nitrogens with one attached hydrogen (secondary N) is 1. The van der Waals surface area contributed by atoms with Gasteiger partial charge in [0, 0.05) is 10.9 Å². The molecule has 0 bridgehead atoms. The van der Waals surface area contributed by atoms with Gasteiger partial charge in [0.1, 0.15) is 5.00 Å². The van der Waals surface area contributed by atoms with Crippen molar-refractivity contribution in [2.75, 3.05) is 12.4 Å². The molecule has 0 aliphatic heterocycles. The fourth-order valence-electron chi connectivity index (χ4n) is 2.47. The largest absolute Gasteiger partial charge is 0.465 e. The Hall–Kier alpha value is -2.15. The van der Waals surface area contributed by atoms with E-state index in [1.165, 1.54) is 30.7 Å². The summed E-state index contributed by atoms with van der Waals surface area (Å²) in [6.45, 7) is 0. The molecule has 0 aromatic carbocycles. The minimum Gasteiger partial charge on any atom is -0.465 e. The van der Waals surface area contributed by atoms with Crippen LogP contribution in [0.25, 0.3) is 0 Å². The van der Waals surface area contributed by atoms with Crippen LogP contribution in [-0.4, -0.2) is 24.1 Å². The number of rotatable bonds is 3. The molecule has 0 fully saturated rings. The third-order valence-electron chi connectivity index (χ3n) is 3.45. The molecule has 2 aromatic heterocycles. The van der Waals surface area contributed by atoms with Crippen LogP contribution < -0.4 is 5.32 Å². The summed E-state index contributed by atoms with van der Waals surface area (Å²) >= 11 is 1.44. The molecule has 2 heterocycles. The van der Waals surface area contributed by atoms with E-state index >= 15 is 0 Å². The monoisotopic (exact) mass is 306 g/mol. The lowest BCUT2D eigenvalue weighted by molar-refractivity contribution is 0.0601. The fourth-order valence-corrected chi connectivity index (χ4v) is 3.74. The van der Waals surface area contributed by atoms with Crippen molar-refractivity contribution >= 4 is 28.2 Å². The number of ether oxygens (including phenoxy) is 1. The number of thiophene rings is 1. The Labute approximate surface area is 125 Å². The molecular formula is C14H14N2O4S. The average molecular weight is 306 g/mol. The molecule has 110 valence electrons. The van der Waals surface area contributed by atoms with E-state index in [4.69, 9.17) is 9.26 Å². The number of esters is 1. The molecule has 1 amide bonds. The molecule has 21 heavy (non-hydrogen) atoms. The second kappa shape index (κ2) is 5.69. The molecule has 7 heteroatoms. The number of hydrogen-bond acceptors (Lipinski definition) is 6. The van der Waals surface area contributed by atoms with Gasteiger partial charge in [-0.15, -0.1) is 11.3 Å². The van der Waals surface area contributed by atoms with Gasteiger partial charge in [-0.1, -0.05) is 5.16 Å². The first kappa shape index (κ1) is 13.8. The normalized spacial score (nSPS) is 13.6. The molecule has 1 aliphatic rings. The van der Waals surface area contributed by atoms with Gasteiger partial charge in [0.15, 0.2) is 0 Å². The number of aryl methyl sites for hydroxylation is 1. The fraction of sp³-hybridized carbons (Fsp3) is 0.357. The summed E-state index contributed by atoms with van der Waals surface area (Å²) in [5.41, 5.74) is 1.48. The summed E-state index contributed by atoms with van der Waals surface area (Å²) in [6, 6.07) is 1.47. The first-order valence-electron chi connectivity index (χ1n) is 6.65. The number of methoxy groups -OCH3 is 1. The lowest BCUT2D eigenvalue weighted by Gasteiger charge is -2.11. The Balaban J connectivity index is 1.95. The van der Waals surface area contributed by atoms with Crippen LogP contribution in [0.2, 0.25) is 0 Å². The van der Waals surface area contributed by atoms with E-state index in [1.54, 1.807) is 0 Å². The molecule has 6 nitrogen and oxygen atoms in total. The number of hydrogen-bond donors (Lipinski definition) is 1. The van der Waals surface area contributed by atoms with Gasteiger partial charge < -0.3 is 14.6 Å². The van der Waals surface area contributed by atoms with E-state index in [0.29, 0.717) is 10.6 Å². The van der Waals surface area contributed by atoms with Gasteiger partial charge in [-0.05, 0) is 31.2 Å². The van der Waals surface area contributed by atoms with Crippen LogP contribution in [0, 0.1) is 0 Å². The van der Waals surface area contributed by atoms with Gasteiger partial charge in [0.2, 0.25) is 5.76 Å². The molecule has 1 N–H and O–H groups in total. The molecule has 0 atom stereocenters. The van der Waals surface area contributed by atoms with E-state index in [9.17, 15) is 9.59 Å². The average Bonchev–Trinajstić information content (AvgIpc) is 3.13. The summed E-state index contributed by atoms with van der Waals surface area (Å²) in [5, 5.41) is 6.75. The zero-order valence-electron chi connectivity index (χ0n) is 11.5. The second-order valence-corrected chi connectivity index (χ2v) is 5.84. The summed E-state index contributed by atoms with van der Waals surface area (Å²) in [7, 11) is 1.34. The summed E-state index contributed by atoms with van der Waals surface area (Å²) in [6.07, 6.45) is 5.32. The van der Waals surface area contributed by atoms with Crippen LogP contribution in [0.5, 0.6) is 0 Å². The zero-order chi connectivity index (χ0) is 14.8. The topological polar surface area (TPSA) is 81.4 Å². The Morgan fingerprint density at radius 3 is 2.90 bits per heavy atom. The highest BCUT2D eigenvalue weighted by atomic mass is 32.1. The van der Waals surface area contributed by atoms with Crippen molar-refractivity contribution in [1.29, 1.82) is 0 Å². The lowest BCUT2D eigenvalue weighted by atomic mass is 9.95. The highest BCUT2D eigenvalue weighted by Gasteiger charge is 2.27. The number of aromatic nitrogens is 1. The Kier molecular flexibility index (Phi) is 3.74. The first-order valence-corrected chi connectivity index (χ1v) is 7.47. The van der Waals surface area contributed by atoms with E-state index in [1.807, 2.05) is 0 Å². The van der Waals surface area contributed by atoms with Crippen LogP contribution in [0.3, 0.4) is 0 Å². The number of anilines is 1. The molecule has 3 rings (SSSR count). The van der Waals surface area contributed by atoms with Gasteiger partial charge in [-0.3, -0.25) is 4.79 Å². The molecule has 0 unspecified atom stereocenters.